The number of nitrogens with zero attached hydrogens (tertiary/aromatic N) is 1. The lowest BCUT2D eigenvalue weighted by Crippen LogP contribution is -2.06. The summed E-state index contributed by atoms with van der Waals surface area (Å²) in [5, 5.41) is 8.10. The normalized spacial score (nSPS) is 15.7. The van der Waals surface area contributed by atoms with Crippen LogP contribution in [0.4, 0.5) is 0 Å². The van der Waals surface area contributed by atoms with E-state index in [1.807, 2.05) is 0 Å². The molecule has 0 atom stereocenters. The van der Waals surface area contributed by atoms with Crippen molar-refractivity contribution in [3.63, 3.8) is 0 Å². The summed E-state index contributed by atoms with van der Waals surface area (Å²) in [5.41, 5.74) is 6.15. The van der Waals surface area contributed by atoms with Crippen molar-refractivity contribution in [2.24, 2.45) is 0 Å². The molecule has 1 aliphatic carbocycles. The molecular weight excluding hydrogens is 280 g/mol. The highest BCUT2D eigenvalue weighted by atomic mass is 15.1. The molecule has 3 aromatic rings. The Morgan fingerprint density at radius 3 is 2.00 bits per heavy atom. The molecule has 1 aliphatic rings. The smallest absolute Gasteiger partial charge is 0.100 e. The van der Waals surface area contributed by atoms with E-state index in [2.05, 4.69) is 65.8 Å². The SMILES string of the molecule is c1ccc(-c2n[nH]c(C3CCCCC3)c2-c2ccccc2)cc1. The number of aromatic nitrogens is 2. The first-order valence-electron chi connectivity index (χ1n) is 8.62. The Kier molecular flexibility index (Phi) is 3.97. The third-order valence-electron chi connectivity index (χ3n) is 4.92. The Morgan fingerprint density at radius 2 is 1.35 bits per heavy atom. The lowest BCUT2D eigenvalue weighted by molar-refractivity contribution is 0.437. The highest BCUT2D eigenvalue weighted by Gasteiger charge is 2.24. The minimum Gasteiger partial charge on any atom is -0.281 e. The molecule has 1 saturated carbocycles. The molecule has 116 valence electrons. The molecule has 4 rings (SSSR count). The average molecular weight is 302 g/mol. The summed E-state index contributed by atoms with van der Waals surface area (Å²) in [6, 6.07) is 21.2. The van der Waals surface area contributed by atoms with Crippen LogP contribution in [-0.4, -0.2) is 10.2 Å². The molecule has 2 nitrogen and oxygen atoms in total. The van der Waals surface area contributed by atoms with E-state index in [9.17, 15) is 0 Å². The van der Waals surface area contributed by atoms with Crippen LogP contribution in [0, 0.1) is 0 Å². The molecule has 2 aromatic carbocycles. The first-order valence-corrected chi connectivity index (χ1v) is 8.62. The van der Waals surface area contributed by atoms with Crippen molar-refractivity contribution in [2.75, 3.05) is 0 Å². The molecule has 0 radical (unpaired) electrons. The van der Waals surface area contributed by atoms with E-state index in [-0.39, 0.29) is 0 Å². The van der Waals surface area contributed by atoms with Gasteiger partial charge in [-0.3, -0.25) is 5.10 Å². The second-order valence-corrected chi connectivity index (χ2v) is 6.43. The molecule has 0 aliphatic heterocycles. The molecule has 0 saturated heterocycles. The summed E-state index contributed by atoms with van der Waals surface area (Å²) < 4.78 is 0. The minimum absolute atomic E-state index is 0.615. The third-order valence-corrected chi connectivity index (χ3v) is 4.92. The number of benzene rings is 2. The van der Waals surface area contributed by atoms with Gasteiger partial charge < -0.3 is 0 Å². The molecule has 2 heteroatoms. The molecule has 0 amide bonds. The molecule has 1 heterocycles. The Balaban J connectivity index is 1.85. The fraction of sp³-hybridized carbons (Fsp3) is 0.286. The quantitative estimate of drug-likeness (QED) is 0.651. The molecule has 0 bridgehead atoms. The third kappa shape index (κ3) is 2.81. The first kappa shape index (κ1) is 14.3. The zero-order valence-corrected chi connectivity index (χ0v) is 13.3. The van der Waals surface area contributed by atoms with Gasteiger partial charge in [-0.2, -0.15) is 5.10 Å². The van der Waals surface area contributed by atoms with Gasteiger partial charge in [0.05, 0.1) is 0 Å². The highest BCUT2D eigenvalue weighted by Crippen LogP contribution is 2.41. The maximum Gasteiger partial charge on any atom is 0.100 e. The van der Waals surface area contributed by atoms with Crippen molar-refractivity contribution < 1.29 is 0 Å². The molecule has 0 unspecified atom stereocenters. The molecular formula is C21H22N2. The van der Waals surface area contributed by atoms with E-state index >= 15 is 0 Å². The Morgan fingerprint density at radius 1 is 0.739 bits per heavy atom. The predicted molar refractivity (Wildman–Crippen MR) is 95.3 cm³/mol. The Bertz CT molecular complexity index is 753. The zero-order valence-electron chi connectivity index (χ0n) is 13.3. The first-order chi connectivity index (χ1) is 11.4. The van der Waals surface area contributed by atoms with Gasteiger partial charge in [-0.1, -0.05) is 79.9 Å². The Hall–Kier alpha value is -2.35. The minimum atomic E-state index is 0.615. The van der Waals surface area contributed by atoms with Gasteiger partial charge >= 0.3 is 0 Å². The standard InChI is InChI=1S/C21H22N2/c1-4-10-16(11-5-1)19-20(17-12-6-2-7-13-17)22-23-21(19)18-14-8-3-9-15-18/h1-2,4-7,10-13,18H,3,8-9,14-15H2,(H,22,23). The van der Waals surface area contributed by atoms with Crippen molar-refractivity contribution in [3.05, 3.63) is 66.4 Å². The fourth-order valence-corrected chi connectivity index (χ4v) is 3.74. The van der Waals surface area contributed by atoms with E-state index < -0.39 is 0 Å². The van der Waals surface area contributed by atoms with Crippen molar-refractivity contribution in [3.8, 4) is 22.4 Å². The van der Waals surface area contributed by atoms with Gasteiger partial charge in [-0.05, 0) is 18.4 Å². The van der Waals surface area contributed by atoms with Gasteiger partial charge in [0.2, 0.25) is 0 Å². The molecule has 1 fully saturated rings. The van der Waals surface area contributed by atoms with Crippen molar-refractivity contribution >= 4 is 0 Å². The monoisotopic (exact) mass is 302 g/mol. The summed E-state index contributed by atoms with van der Waals surface area (Å²) in [4.78, 5) is 0. The van der Waals surface area contributed by atoms with Crippen molar-refractivity contribution in [1.82, 2.24) is 10.2 Å². The van der Waals surface area contributed by atoms with Gasteiger partial charge in [0.15, 0.2) is 0 Å². The summed E-state index contributed by atoms with van der Waals surface area (Å²) in [5.74, 6) is 0.615. The molecule has 1 aromatic heterocycles. The lowest BCUT2D eigenvalue weighted by Gasteiger charge is -2.21. The largest absolute Gasteiger partial charge is 0.281 e. The summed E-state index contributed by atoms with van der Waals surface area (Å²) in [7, 11) is 0. The topological polar surface area (TPSA) is 28.7 Å². The maximum atomic E-state index is 4.71. The van der Waals surface area contributed by atoms with E-state index in [0.29, 0.717) is 5.92 Å². The van der Waals surface area contributed by atoms with Gasteiger partial charge in [0.25, 0.3) is 0 Å². The van der Waals surface area contributed by atoms with Crippen LogP contribution in [0.15, 0.2) is 60.7 Å². The van der Waals surface area contributed by atoms with Crippen LogP contribution in [0.1, 0.15) is 43.7 Å². The van der Waals surface area contributed by atoms with Gasteiger partial charge in [0.1, 0.15) is 5.69 Å². The van der Waals surface area contributed by atoms with Crippen LogP contribution in [0.3, 0.4) is 0 Å². The van der Waals surface area contributed by atoms with Crippen molar-refractivity contribution in [1.29, 1.82) is 0 Å². The number of aromatic amines is 1. The second kappa shape index (κ2) is 6.41. The summed E-state index contributed by atoms with van der Waals surface area (Å²) >= 11 is 0. The number of hydrogen-bond donors (Lipinski definition) is 1. The van der Waals surface area contributed by atoms with Crippen LogP contribution >= 0.6 is 0 Å². The van der Waals surface area contributed by atoms with E-state index in [1.165, 1.54) is 54.5 Å². The van der Waals surface area contributed by atoms with E-state index in [4.69, 9.17) is 5.10 Å². The fourth-order valence-electron chi connectivity index (χ4n) is 3.74. The van der Waals surface area contributed by atoms with Crippen LogP contribution < -0.4 is 0 Å². The molecule has 23 heavy (non-hydrogen) atoms. The van der Waals surface area contributed by atoms with Crippen LogP contribution in [0.25, 0.3) is 22.4 Å². The van der Waals surface area contributed by atoms with Gasteiger partial charge in [0, 0.05) is 22.7 Å². The lowest BCUT2D eigenvalue weighted by atomic mass is 9.83. The number of H-pyrrole nitrogens is 1. The number of hydrogen-bond acceptors (Lipinski definition) is 1. The van der Waals surface area contributed by atoms with E-state index in [0.717, 1.165) is 5.69 Å². The van der Waals surface area contributed by atoms with Gasteiger partial charge in [-0.15, -0.1) is 0 Å². The maximum absolute atomic E-state index is 4.71. The molecule has 1 N–H and O–H groups in total. The Labute approximate surface area is 137 Å². The van der Waals surface area contributed by atoms with Crippen LogP contribution in [0.2, 0.25) is 0 Å². The average Bonchev–Trinajstić information content (AvgIpc) is 3.09. The number of nitrogens with one attached hydrogen (secondary N) is 1. The van der Waals surface area contributed by atoms with Crippen LogP contribution in [0.5, 0.6) is 0 Å². The highest BCUT2D eigenvalue weighted by molar-refractivity contribution is 5.82. The molecule has 0 spiro atoms. The van der Waals surface area contributed by atoms with Crippen LogP contribution in [-0.2, 0) is 0 Å². The summed E-state index contributed by atoms with van der Waals surface area (Å²) in [6.07, 6.45) is 6.58. The predicted octanol–water partition coefficient (Wildman–Crippen LogP) is 5.79. The van der Waals surface area contributed by atoms with E-state index in [1.54, 1.807) is 0 Å². The second-order valence-electron chi connectivity index (χ2n) is 6.43. The zero-order chi connectivity index (χ0) is 15.5. The van der Waals surface area contributed by atoms with Crippen molar-refractivity contribution in [2.45, 2.75) is 38.0 Å². The summed E-state index contributed by atoms with van der Waals surface area (Å²) in [6.45, 7) is 0. The van der Waals surface area contributed by atoms with Gasteiger partial charge in [-0.25, -0.2) is 0 Å². The number of rotatable bonds is 3.